The Morgan fingerprint density at radius 2 is 1.78 bits per heavy atom. The quantitative estimate of drug-likeness (QED) is 0.655. The Hall–Kier alpha value is -3.88. The number of rotatable bonds is 5. The van der Waals surface area contributed by atoms with Crippen LogP contribution in [0.1, 0.15) is 30.5 Å². The Morgan fingerprint density at radius 1 is 1.06 bits per heavy atom. The lowest BCUT2D eigenvalue weighted by atomic mass is 9.95. The monoisotopic (exact) mass is 436 g/mol. The Balaban J connectivity index is 2.07. The second kappa shape index (κ2) is 8.70. The number of nitrogens with zero attached hydrogens (tertiary/aromatic N) is 3. The van der Waals surface area contributed by atoms with Crippen LogP contribution in [0.25, 0.3) is 16.8 Å². The van der Waals surface area contributed by atoms with Gasteiger partial charge in [0.2, 0.25) is 17.1 Å². The zero-order valence-corrected chi connectivity index (χ0v) is 18.3. The number of ether oxygens (including phenoxy) is 3. The number of amides is 1. The van der Waals surface area contributed by atoms with Crippen molar-refractivity contribution < 1.29 is 19.0 Å². The van der Waals surface area contributed by atoms with Gasteiger partial charge in [-0.1, -0.05) is 6.07 Å². The van der Waals surface area contributed by atoms with E-state index < -0.39 is 0 Å². The predicted molar refractivity (Wildman–Crippen MR) is 118 cm³/mol. The van der Waals surface area contributed by atoms with Crippen molar-refractivity contribution in [2.75, 3.05) is 21.3 Å². The molecule has 0 spiro atoms. The van der Waals surface area contributed by atoms with Gasteiger partial charge in [-0.05, 0) is 47.7 Å². The van der Waals surface area contributed by atoms with E-state index in [1.807, 2.05) is 12.1 Å². The molecule has 1 aliphatic carbocycles. The first-order chi connectivity index (χ1) is 15.5. The van der Waals surface area contributed by atoms with Crippen molar-refractivity contribution in [1.82, 2.24) is 20.3 Å². The number of hydrogen-bond acceptors (Lipinski definition) is 7. The van der Waals surface area contributed by atoms with Crippen molar-refractivity contribution in [3.05, 3.63) is 58.0 Å². The highest BCUT2D eigenvalue weighted by Gasteiger charge is 2.29. The Labute approximate surface area is 184 Å². The molecule has 166 valence electrons. The average molecular weight is 436 g/mol. The van der Waals surface area contributed by atoms with Gasteiger partial charge in [0.15, 0.2) is 11.5 Å². The summed E-state index contributed by atoms with van der Waals surface area (Å²) >= 11 is 0. The maximum atomic E-state index is 13.1. The second-order valence-corrected chi connectivity index (χ2v) is 7.39. The summed E-state index contributed by atoms with van der Waals surface area (Å²) < 4.78 is 16.9. The summed E-state index contributed by atoms with van der Waals surface area (Å²) in [6, 6.07) is 6.60. The molecule has 0 aliphatic heterocycles. The van der Waals surface area contributed by atoms with Crippen LogP contribution in [0.3, 0.4) is 0 Å². The summed E-state index contributed by atoms with van der Waals surface area (Å²) in [5.41, 5.74) is 3.23. The van der Waals surface area contributed by atoms with Crippen molar-refractivity contribution in [3.8, 4) is 34.1 Å². The third-order valence-electron chi connectivity index (χ3n) is 5.53. The van der Waals surface area contributed by atoms with Gasteiger partial charge in [-0.2, -0.15) is 10.2 Å². The average Bonchev–Trinajstić information content (AvgIpc) is 3.20. The maximum Gasteiger partial charge on any atom is 0.217 e. The number of hydrogen-bond donors (Lipinski definition) is 1. The van der Waals surface area contributed by atoms with Crippen LogP contribution in [0, 0.1) is 0 Å². The summed E-state index contributed by atoms with van der Waals surface area (Å²) in [4.78, 5) is 26.4. The van der Waals surface area contributed by atoms with Gasteiger partial charge in [0.05, 0.1) is 39.8 Å². The van der Waals surface area contributed by atoms with Crippen LogP contribution < -0.4 is 25.0 Å². The van der Waals surface area contributed by atoms with Gasteiger partial charge in [0, 0.05) is 12.5 Å². The van der Waals surface area contributed by atoms with Crippen molar-refractivity contribution >= 4 is 5.91 Å². The van der Waals surface area contributed by atoms with Crippen LogP contribution in [-0.4, -0.2) is 42.2 Å². The Morgan fingerprint density at radius 3 is 2.41 bits per heavy atom. The first-order valence-electron chi connectivity index (χ1n) is 10.1. The van der Waals surface area contributed by atoms with Gasteiger partial charge in [0.1, 0.15) is 5.69 Å². The van der Waals surface area contributed by atoms with Gasteiger partial charge in [-0.3, -0.25) is 9.59 Å². The molecule has 0 saturated carbocycles. The van der Waals surface area contributed by atoms with E-state index in [1.165, 1.54) is 24.1 Å². The smallest absolute Gasteiger partial charge is 0.217 e. The summed E-state index contributed by atoms with van der Waals surface area (Å²) in [5.74, 6) is 1.33. The minimum absolute atomic E-state index is 0.179. The Bertz CT molecular complexity index is 1220. The number of aryl methyl sites for hydroxylation is 1. The molecule has 0 bridgehead atoms. The standard InChI is InChI=1S/C23H24N4O5/c1-13(28)26-17-7-5-14-11-20(30-2)22(31-3)23(32-4)21(14)15-6-8-18(19(29)12-16(15)17)27-24-9-10-25-27/h6,8-12,17H,5,7H2,1-4H3,(H,26,28). The SMILES string of the molecule is COc1cc2c(c(OC)c1OC)-c1ccc(-n3nccn3)c(=O)cc1C(NC(C)=O)CC2. The molecule has 32 heavy (non-hydrogen) atoms. The van der Waals surface area contributed by atoms with E-state index in [2.05, 4.69) is 15.5 Å². The van der Waals surface area contributed by atoms with Crippen molar-refractivity contribution in [3.63, 3.8) is 0 Å². The van der Waals surface area contributed by atoms with E-state index in [0.29, 0.717) is 41.3 Å². The minimum atomic E-state index is -0.366. The molecule has 3 aromatic rings. The molecule has 2 aromatic carbocycles. The summed E-state index contributed by atoms with van der Waals surface area (Å²) in [7, 11) is 4.68. The lowest BCUT2D eigenvalue weighted by Gasteiger charge is -2.19. The second-order valence-electron chi connectivity index (χ2n) is 7.39. The number of nitrogens with one attached hydrogen (secondary N) is 1. The largest absolute Gasteiger partial charge is 0.493 e. The fraction of sp³-hybridized carbons (Fsp3) is 0.304. The zero-order valence-electron chi connectivity index (χ0n) is 18.3. The number of carbonyl (C=O) groups is 1. The van der Waals surface area contributed by atoms with Crippen LogP contribution in [0.2, 0.25) is 0 Å². The molecule has 4 rings (SSSR count). The number of benzene rings is 1. The number of carbonyl (C=O) groups excluding carboxylic acids is 1. The molecule has 1 aliphatic rings. The van der Waals surface area contributed by atoms with Gasteiger partial charge in [-0.15, -0.1) is 4.80 Å². The molecule has 1 amide bonds. The number of aromatic nitrogens is 3. The summed E-state index contributed by atoms with van der Waals surface area (Å²) in [5, 5.41) is 11.2. The highest BCUT2D eigenvalue weighted by atomic mass is 16.5. The highest BCUT2D eigenvalue weighted by molar-refractivity contribution is 5.83. The van der Waals surface area contributed by atoms with E-state index in [9.17, 15) is 9.59 Å². The molecule has 1 N–H and O–H groups in total. The third kappa shape index (κ3) is 3.66. The molecule has 1 aromatic heterocycles. The van der Waals surface area contributed by atoms with E-state index in [1.54, 1.807) is 33.5 Å². The zero-order chi connectivity index (χ0) is 22.8. The molecular formula is C23H24N4O5. The predicted octanol–water partition coefficient (Wildman–Crippen LogP) is 2.44. The lowest BCUT2D eigenvalue weighted by Crippen LogP contribution is -2.26. The van der Waals surface area contributed by atoms with Gasteiger partial charge in [-0.25, -0.2) is 0 Å². The van der Waals surface area contributed by atoms with Crippen LogP contribution in [0.15, 0.2) is 41.5 Å². The first kappa shape index (κ1) is 21.4. The van der Waals surface area contributed by atoms with Crippen LogP contribution in [-0.2, 0) is 11.2 Å². The third-order valence-corrected chi connectivity index (χ3v) is 5.53. The fourth-order valence-corrected chi connectivity index (χ4v) is 4.20. The molecule has 0 saturated heterocycles. The topological polar surface area (TPSA) is 105 Å². The lowest BCUT2D eigenvalue weighted by molar-refractivity contribution is -0.119. The molecule has 9 heteroatoms. The maximum absolute atomic E-state index is 13.1. The fourth-order valence-electron chi connectivity index (χ4n) is 4.20. The molecular weight excluding hydrogens is 412 g/mol. The van der Waals surface area contributed by atoms with Gasteiger partial charge in [0.25, 0.3) is 0 Å². The van der Waals surface area contributed by atoms with E-state index in [0.717, 1.165) is 16.7 Å². The number of methoxy groups -OCH3 is 3. The summed E-state index contributed by atoms with van der Waals surface area (Å²) in [6.07, 6.45) is 4.24. The Kier molecular flexibility index (Phi) is 5.81. The van der Waals surface area contributed by atoms with E-state index in [-0.39, 0.29) is 17.4 Å². The normalized spacial score (nSPS) is 14.6. The number of fused-ring (bicyclic) bond motifs is 3. The highest BCUT2D eigenvalue weighted by Crippen LogP contribution is 2.50. The molecule has 1 atom stereocenters. The van der Waals surface area contributed by atoms with Crippen LogP contribution in [0.4, 0.5) is 0 Å². The van der Waals surface area contributed by atoms with Gasteiger partial charge < -0.3 is 19.5 Å². The summed E-state index contributed by atoms with van der Waals surface area (Å²) in [6.45, 7) is 1.46. The van der Waals surface area contributed by atoms with E-state index in [4.69, 9.17) is 14.2 Å². The molecule has 0 radical (unpaired) electrons. The van der Waals surface area contributed by atoms with Gasteiger partial charge >= 0.3 is 0 Å². The van der Waals surface area contributed by atoms with Crippen LogP contribution in [0.5, 0.6) is 17.2 Å². The molecule has 1 heterocycles. The van der Waals surface area contributed by atoms with Crippen molar-refractivity contribution in [1.29, 1.82) is 0 Å². The first-order valence-corrected chi connectivity index (χ1v) is 10.1. The van der Waals surface area contributed by atoms with Crippen molar-refractivity contribution in [2.45, 2.75) is 25.8 Å². The molecule has 0 fully saturated rings. The van der Waals surface area contributed by atoms with Crippen molar-refractivity contribution in [2.24, 2.45) is 0 Å². The molecule has 1 unspecified atom stereocenters. The van der Waals surface area contributed by atoms with E-state index >= 15 is 0 Å². The van der Waals surface area contributed by atoms with Crippen LogP contribution >= 0.6 is 0 Å². The minimum Gasteiger partial charge on any atom is -0.493 e. The molecule has 9 nitrogen and oxygen atoms in total.